The van der Waals surface area contributed by atoms with Gasteiger partial charge in [-0.2, -0.15) is 0 Å². The van der Waals surface area contributed by atoms with Crippen LogP contribution in [0.4, 0.5) is 0 Å². The standard InChI is InChI=1S/C14H36N2O5Si2/c1-7-9-11-15-13-22(17-3,18-4)21-23(19-5,20-6)14-16-12-10-8-2/h15-16H,7-14H2,1-6H3. The van der Waals surface area contributed by atoms with E-state index in [2.05, 4.69) is 24.5 Å². The van der Waals surface area contributed by atoms with E-state index >= 15 is 0 Å². The highest BCUT2D eigenvalue weighted by Gasteiger charge is 2.51. The zero-order valence-corrected chi connectivity index (χ0v) is 17.7. The molecule has 0 saturated heterocycles. The van der Waals surface area contributed by atoms with Gasteiger partial charge in [-0.25, -0.2) is 0 Å². The zero-order chi connectivity index (χ0) is 17.6. The second-order valence-corrected chi connectivity index (χ2v) is 11.2. The first-order valence-corrected chi connectivity index (χ1v) is 12.3. The first-order valence-electron chi connectivity index (χ1n) is 8.39. The maximum absolute atomic E-state index is 6.25. The van der Waals surface area contributed by atoms with Gasteiger partial charge in [-0.15, -0.1) is 0 Å². The third kappa shape index (κ3) is 8.70. The van der Waals surface area contributed by atoms with Crippen molar-refractivity contribution in [2.75, 3.05) is 53.9 Å². The molecule has 0 spiro atoms. The lowest BCUT2D eigenvalue weighted by molar-refractivity contribution is 0.0849. The lowest BCUT2D eigenvalue weighted by atomic mass is 10.3. The molecule has 0 heterocycles. The van der Waals surface area contributed by atoms with Crippen LogP contribution in [0.2, 0.25) is 0 Å². The van der Waals surface area contributed by atoms with Gasteiger partial charge >= 0.3 is 17.6 Å². The molecule has 0 saturated carbocycles. The Labute approximate surface area is 144 Å². The Morgan fingerprint density at radius 2 is 1.00 bits per heavy atom. The second kappa shape index (κ2) is 13.4. The molecule has 7 nitrogen and oxygen atoms in total. The number of hydrogen-bond donors (Lipinski definition) is 2. The summed E-state index contributed by atoms with van der Waals surface area (Å²) in [6.07, 6.45) is 5.56. The van der Waals surface area contributed by atoms with Crippen LogP contribution in [-0.4, -0.2) is 71.5 Å². The van der Waals surface area contributed by atoms with Crippen LogP contribution in [0.15, 0.2) is 0 Å². The van der Waals surface area contributed by atoms with Crippen molar-refractivity contribution in [2.45, 2.75) is 39.5 Å². The first kappa shape index (κ1) is 23.2. The van der Waals surface area contributed by atoms with Crippen molar-refractivity contribution in [1.82, 2.24) is 10.6 Å². The van der Waals surface area contributed by atoms with E-state index in [1.54, 1.807) is 28.4 Å². The Morgan fingerprint density at radius 3 is 1.26 bits per heavy atom. The molecule has 0 radical (unpaired) electrons. The molecule has 23 heavy (non-hydrogen) atoms. The summed E-state index contributed by atoms with van der Waals surface area (Å²) >= 11 is 0. The minimum absolute atomic E-state index is 0.538. The van der Waals surface area contributed by atoms with Gasteiger partial charge in [0.15, 0.2) is 0 Å². The molecule has 0 aliphatic rings. The van der Waals surface area contributed by atoms with Gasteiger partial charge in [0.05, 0.1) is 12.3 Å². The van der Waals surface area contributed by atoms with Gasteiger partial charge < -0.3 is 32.5 Å². The van der Waals surface area contributed by atoms with Gasteiger partial charge in [-0.3, -0.25) is 0 Å². The molecule has 0 amide bonds. The highest BCUT2D eigenvalue weighted by molar-refractivity contribution is 6.75. The molecule has 0 bridgehead atoms. The predicted molar refractivity (Wildman–Crippen MR) is 96.2 cm³/mol. The molecule has 0 aliphatic carbocycles. The van der Waals surface area contributed by atoms with E-state index in [-0.39, 0.29) is 0 Å². The van der Waals surface area contributed by atoms with E-state index in [4.69, 9.17) is 21.8 Å². The van der Waals surface area contributed by atoms with Gasteiger partial charge in [-0.05, 0) is 25.9 Å². The maximum Gasteiger partial charge on any atom is 0.507 e. The lowest BCUT2D eigenvalue weighted by Crippen LogP contribution is -2.65. The molecule has 0 aliphatic heterocycles. The quantitative estimate of drug-likeness (QED) is 0.314. The van der Waals surface area contributed by atoms with E-state index in [1.165, 1.54) is 0 Å². The van der Waals surface area contributed by atoms with Crippen LogP contribution in [0.5, 0.6) is 0 Å². The van der Waals surface area contributed by atoms with Crippen LogP contribution in [0.3, 0.4) is 0 Å². The third-order valence-corrected chi connectivity index (χ3v) is 9.99. The molecule has 0 aromatic rings. The molecule has 0 aromatic heterocycles. The summed E-state index contributed by atoms with van der Waals surface area (Å²) < 4.78 is 28.8. The number of unbranched alkanes of at least 4 members (excludes halogenated alkanes) is 2. The van der Waals surface area contributed by atoms with Crippen molar-refractivity contribution in [1.29, 1.82) is 0 Å². The normalized spacial score (nSPS) is 12.8. The molecule has 2 N–H and O–H groups in total. The summed E-state index contributed by atoms with van der Waals surface area (Å²) in [4.78, 5) is 0. The van der Waals surface area contributed by atoms with Crippen molar-refractivity contribution < 1.29 is 21.8 Å². The molecule has 0 unspecified atom stereocenters. The average molecular weight is 369 g/mol. The topological polar surface area (TPSA) is 70.2 Å². The molecule has 0 aromatic carbocycles. The van der Waals surface area contributed by atoms with E-state index < -0.39 is 17.6 Å². The summed E-state index contributed by atoms with van der Waals surface area (Å²) in [5, 5.41) is 6.71. The van der Waals surface area contributed by atoms with Crippen LogP contribution < -0.4 is 10.6 Å². The monoisotopic (exact) mass is 368 g/mol. The van der Waals surface area contributed by atoms with Crippen molar-refractivity contribution in [3.8, 4) is 0 Å². The Balaban J connectivity index is 4.77. The Hall–Kier alpha value is 0.154. The van der Waals surface area contributed by atoms with Crippen molar-refractivity contribution >= 4 is 17.6 Å². The van der Waals surface area contributed by atoms with Gasteiger partial charge in [0, 0.05) is 28.4 Å². The highest BCUT2D eigenvalue weighted by atomic mass is 28.5. The van der Waals surface area contributed by atoms with E-state index in [9.17, 15) is 0 Å². The largest absolute Gasteiger partial charge is 0.507 e. The fourth-order valence-corrected chi connectivity index (χ4v) is 7.70. The Morgan fingerprint density at radius 1 is 0.652 bits per heavy atom. The van der Waals surface area contributed by atoms with Crippen LogP contribution >= 0.6 is 0 Å². The average Bonchev–Trinajstić information content (AvgIpc) is 2.60. The van der Waals surface area contributed by atoms with E-state index in [1.807, 2.05) is 0 Å². The fourth-order valence-electron chi connectivity index (χ4n) is 2.02. The molecule has 0 atom stereocenters. The highest BCUT2D eigenvalue weighted by Crippen LogP contribution is 2.16. The van der Waals surface area contributed by atoms with E-state index in [0.717, 1.165) is 38.8 Å². The molecular weight excluding hydrogens is 332 g/mol. The van der Waals surface area contributed by atoms with Crippen molar-refractivity contribution in [3.05, 3.63) is 0 Å². The molecule has 9 heteroatoms. The van der Waals surface area contributed by atoms with E-state index in [0.29, 0.717) is 12.3 Å². The first-order chi connectivity index (χ1) is 11.1. The van der Waals surface area contributed by atoms with Crippen molar-refractivity contribution in [2.24, 2.45) is 0 Å². The smallest absolute Gasteiger partial charge is 0.377 e. The van der Waals surface area contributed by atoms with Crippen LogP contribution in [-0.2, 0) is 21.8 Å². The van der Waals surface area contributed by atoms with Gasteiger partial charge in [-0.1, -0.05) is 26.7 Å². The number of rotatable bonds is 16. The summed E-state index contributed by atoms with van der Waals surface area (Å²) in [5.41, 5.74) is 0. The van der Waals surface area contributed by atoms with Crippen LogP contribution in [0.1, 0.15) is 39.5 Å². The SMILES string of the molecule is CCCCNC[Si](OC)(OC)O[Si](CNCCCC)(OC)OC. The summed E-state index contributed by atoms with van der Waals surface area (Å²) in [6, 6.07) is 0. The predicted octanol–water partition coefficient (Wildman–Crippen LogP) is 1.32. The van der Waals surface area contributed by atoms with Gasteiger partial charge in [0.1, 0.15) is 0 Å². The summed E-state index contributed by atoms with van der Waals surface area (Å²) in [7, 11) is 0.712. The maximum atomic E-state index is 6.25. The minimum atomic E-state index is -2.88. The molecule has 0 rings (SSSR count). The van der Waals surface area contributed by atoms with Gasteiger partial charge in [0.2, 0.25) is 0 Å². The van der Waals surface area contributed by atoms with Crippen LogP contribution in [0, 0.1) is 0 Å². The number of nitrogens with one attached hydrogen (secondary N) is 2. The second-order valence-electron chi connectivity index (χ2n) is 5.35. The summed E-state index contributed by atoms with van der Waals surface area (Å²) in [6.45, 7) is 6.13. The van der Waals surface area contributed by atoms with Gasteiger partial charge in [0.25, 0.3) is 0 Å². The van der Waals surface area contributed by atoms with Crippen LogP contribution in [0.25, 0.3) is 0 Å². The Kier molecular flexibility index (Phi) is 13.5. The Bertz CT molecular complexity index is 254. The fraction of sp³-hybridized carbons (Fsp3) is 1.00. The third-order valence-electron chi connectivity index (χ3n) is 3.65. The zero-order valence-electron chi connectivity index (χ0n) is 15.7. The van der Waals surface area contributed by atoms with Crippen molar-refractivity contribution in [3.63, 3.8) is 0 Å². The number of hydrogen-bond acceptors (Lipinski definition) is 7. The molecular formula is C14H36N2O5Si2. The minimum Gasteiger partial charge on any atom is -0.377 e. The lowest BCUT2D eigenvalue weighted by Gasteiger charge is -2.35. The summed E-state index contributed by atoms with van der Waals surface area (Å²) in [5.74, 6) is 0. The molecule has 140 valence electrons. The molecule has 0 fully saturated rings.